The van der Waals surface area contributed by atoms with Gasteiger partial charge in [0.2, 0.25) is 5.91 Å². The van der Waals surface area contributed by atoms with E-state index in [0.717, 1.165) is 4.47 Å². The van der Waals surface area contributed by atoms with Gasteiger partial charge in [-0.25, -0.2) is 0 Å². The Kier molecular flexibility index (Phi) is 5.59. The molecule has 0 heterocycles. The molecule has 0 saturated carbocycles. The maximum absolute atomic E-state index is 12.1. The Morgan fingerprint density at radius 1 is 1.30 bits per heavy atom. The largest absolute Gasteiger partial charge is 0.491 e. The summed E-state index contributed by atoms with van der Waals surface area (Å²) in [6, 6.07) is 4.90. The van der Waals surface area contributed by atoms with Crippen molar-refractivity contribution in [1.82, 2.24) is 0 Å². The van der Waals surface area contributed by atoms with Gasteiger partial charge in [-0.05, 0) is 31.4 Å². The first-order valence-electron chi connectivity index (χ1n) is 6.63. The molecule has 112 valence electrons. The number of carbonyl (C=O) groups excluding carboxylic acids is 1. The third-order valence-electron chi connectivity index (χ3n) is 2.73. The maximum Gasteiger partial charge on any atom is 0.241 e. The van der Waals surface area contributed by atoms with E-state index in [1.807, 2.05) is 46.8 Å². The van der Waals surface area contributed by atoms with E-state index in [2.05, 4.69) is 21.2 Å². The minimum absolute atomic E-state index is 0.0738. The average molecular weight is 343 g/mol. The molecule has 5 heteroatoms. The number of amides is 1. The topological polar surface area (TPSA) is 64.3 Å². The molecule has 0 fully saturated rings. The van der Waals surface area contributed by atoms with Crippen LogP contribution in [0.3, 0.4) is 0 Å². The van der Waals surface area contributed by atoms with Gasteiger partial charge in [-0.15, -0.1) is 0 Å². The maximum atomic E-state index is 12.1. The van der Waals surface area contributed by atoms with Crippen LogP contribution in [0.4, 0.5) is 5.69 Å². The van der Waals surface area contributed by atoms with Crippen LogP contribution >= 0.6 is 15.9 Å². The lowest BCUT2D eigenvalue weighted by molar-refractivity contribution is -0.119. The van der Waals surface area contributed by atoms with Gasteiger partial charge in [-0.3, -0.25) is 4.79 Å². The van der Waals surface area contributed by atoms with Crippen LogP contribution in [0.25, 0.3) is 0 Å². The van der Waals surface area contributed by atoms with Crippen molar-refractivity contribution in [2.45, 2.75) is 46.8 Å². The minimum Gasteiger partial charge on any atom is -0.491 e. The number of halogens is 1. The molecule has 1 aromatic rings. The smallest absolute Gasteiger partial charge is 0.241 e. The minimum atomic E-state index is -0.573. The standard InChI is InChI=1S/C15H23BrN2O2/c1-9(2)20-12-7-10(16)6-11(8-12)18-14(19)13(17)15(3,4)5/h6-9,13H,17H2,1-5H3,(H,18,19)/t13-/m1/s1. The number of anilines is 1. The van der Waals surface area contributed by atoms with Gasteiger partial charge in [0.25, 0.3) is 0 Å². The third-order valence-corrected chi connectivity index (χ3v) is 3.18. The number of nitrogens with two attached hydrogens (primary N) is 1. The summed E-state index contributed by atoms with van der Waals surface area (Å²) >= 11 is 3.41. The van der Waals surface area contributed by atoms with E-state index in [1.165, 1.54) is 0 Å². The van der Waals surface area contributed by atoms with Crippen LogP contribution in [0.2, 0.25) is 0 Å². The third kappa shape index (κ3) is 5.13. The van der Waals surface area contributed by atoms with Gasteiger partial charge in [0.15, 0.2) is 0 Å². The van der Waals surface area contributed by atoms with Crippen LogP contribution in [0.1, 0.15) is 34.6 Å². The summed E-state index contributed by atoms with van der Waals surface area (Å²) in [4.78, 5) is 12.1. The molecule has 1 atom stereocenters. The van der Waals surface area contributed by atoms with Crippen LogP contribution in [0.5, 0.6) is 5.75 Å². The Labute approximate surface area is 129 Å². The van der Waals surface area contributed by atoms with E-state index in [0.29, 0.717) is 11.4 Å². The summed E-state index contributed by atoms with van der Waals surface area (Å²) in [6.07, 6.45) is 0.0738. The molecule has 0 radical (unpaired) electrons. The summed E-state index contributed by atoms with van der Waals surface area (Å²) in [5.74, 6) is 0.500. The number of hydrogen-bond acceptors (Lipinski definition) is 3. The van der Waals surface area contributed by atoms with Crippen LogP contribution in [-0.2, 0) is 4.79 Å². The molecule has 4 nitrogen and oxygen atoms in total. The van der Waals surface area contributed by atoms with Gasteiger partial charge in [0.1, 0.15) is 5.75 Å². The van der Waals surface area contributed by atoms with Gasteiger partial charge in [-0.2, -0.15) is 0 Å². The molecule has 0 aliphatic carbocycles. The molecule has 0 unspecified atom stereocenters. The molecule has 0 saturated heterocycles. The summed E-state index contributed by atoms with van der Waals surface area (Å²) in [5, 5.41) is 2.83. The van der Waals surface area contributed by atoms with Gasteiger partial charge in [-0.1, -0.05) is 36.7 Å². The van der Waals surface area contributed by atoms with Gasteiger partial charge >= 0.3 is 0 Å². The number of nitrogens with one attached hydrogen (secondary N) is 1. The summed E-state index contributed by atoms with van der Waals surface area (Å²) < 4.78 is 6.48. The number of rotatable bonds is 4. The highest BCUT2D eigenvalue weighted by molar-refractivity contribution is 9.10. The second-order valence-corrected chi connectivity index (χ2v) is 7.09. The van der Waals surface area contributed by atoms with E-state index in [4.69, 9.17) is 10.5 Å². The van der Waals surface area contributed by atoms with Crippen LogP contribution in [0.15, 0.2) is 22.7 Å². The number of ether oxygens (including phenoxy) is 1. The second-order valence-electron chi connectivity index (χ2n) is 6.18. The average Bonchev–Trinajstić information content (AvgIpc) is 2.24. The van der Waals surface area contributed by atoms with Gasteiger partial charge < -0.3 is 15.8 Å². The normalized spacial score (nSPS) is 13.2. The molecule has 0 aliphatic rings. The van der Waals surface area contributed by atoms with Crippen molar-refractivity contribution < 1.29 is 9.53 Å². The molecule has 0 bridgehead atoms. The van der Waals surface area contributed by atoms with Crippen LogP contribution in [-0.4, -0.2) is 18.1 Å². The zero-order chi connectivity index (χ0) is 15.5. The van der Waals surface area contributed by atoms with E-state index in [1.54, 1.807) is 6.07 Å². The molecule has 0 spiro atoms. The first-order chi connectivity index (χ1) is 9.09. The lowest BCUT2D eigenvalue weighted by Crippen LogP contribution is -2.45. The summed E-state index contributed by atoms with van der Waals surface area (Å²) in [7, 11) is 0. The summed E-state index contributed by atoms with van der Waals surface area (Å²) in [5.41, 5.74) is 6.33. The fraction of sp³-hybridized carbons (Fsp3) is 0.533. The van der Waals surface area contributed by atoms with Crippen molar-refractivity contribution in [3.63, 3.8) is 0 Å². The molecule has 1 amide bonds. The Hall–Kier alpha value is -1.07. The molecular formula is C15H23BrN2O2. The SMILES string of the molecule is CC(C)Oc1cc(Br)cc(NC(=O)[C@@H](N)C(C)(C)C)c1. The van der Waals surface area contributed by atoms with E-state index in [9.17, 15) is 4.79 Å². The fourth-order valence-electron chi connectivity index (χ4n) is 1.59. The molecule has 0 aliphatic heterocycles. The lowest BCUT2D eigenvalue weighted by Gasteiger charge is -2.26. The highest BCUT2D eigenvalue weighted by atomic mass is 79.9. The zero-order valence-electron chi connectivity index (χ0n) is 12.7. The van der Waals surface area contributed by atoms with E-state index >= 15 is 0 Å². The number of benzene rings is 1. The number of hydrogen-bond donors (Lipinski definition) is 2. The van der Waals surface area contributed by atoms with Crippen molar-refractivity contribution in [3.8, 4) is 5.75 Å². The lowest BCUT2D eigenvalue weighted by atomic mass is 9.87. The molecular weight excluding hydrogens is 320 g/mol. The Morgan fingerprint density at radius 3 is 2.40 bits per heavy atom. The fourth-order valence-corrected chi connectivity index (χ4v) is 2.06. The van der Waals surface area contributed by atoms with Crippen LogP contribution < -0.4 is 15.8 Å². The summed E-state index contributed by atoms with van der Waals surface area (Å²) in [6.45, 7) is 9.71. The van der Waals surface area contributed by atoms with Crippen LogP contribution in [0, 0.1) is 5.41 Å². The Balaban J connectivity index is 2.87. The molecule has 1 aromatic carbocycles. The Morgan fingerprint density at radius 2 is 1.90 bits per heavy atom. The van der Waals surface area contributed by atoms with Gasteiger partial charge in [0, 0.05) is 16.2 Å². The quantitative estimate of drug-likeness (QED) is 0.879. The number of carbonyl (C=O) groups is 1. The van der Waals surface area contributed by atoms with Crippen molar-refractivity contribution in [2.75, 3.05) is 5.32 Å². The molecule has 3 N–H and O–H groups in total. The van der Waals surface area contributed by atoms with E-state index in [-0.39, 0.29) is 17.4 Å². The van der Waals surface area contributed by atoms with Gasteiger partial charge in [0.05, 0.1) is 12.1 Å². The Bertz CT molecular complexity index is 481. The predicted molar refractivity (Wildman–Crippen MR) is 86.0 cm³/mol. The van der Waals surface area contributed by atoms with Crippen molar-refractivity contribution in [2.24, 2.45) is 11.1 Å². The molecule has 0 aromatic heterocycles. The highest BCUT2D eigenvalue weighted by Crippen LogP contribution is 2.26. The van der Waals surface area contributed by atoms with Crippen molar-refractivity contribution in [1.29, 1.82) is 0 Å². The van der Waals surface area contributed by atoms with Crippen molar-refractivity contribution in [3.05, 3.63) is 22.7 Å². The monoisotopic (exact) mass is 342 g/mol. The highest BCUT2D eigenvalue weighted by Gasteiger charge is 2.27. The first-order valence-corrected chi connectivity index (χ1v) is 7.42. The predicted octanol–water partition coefficient (Wildman–Crippen LogP) is 3.55. The van der Waals surface area contributed by atoms with E-state index < -0.39 is 6.04 Å². The molecule has 20 heavy (non-hydrogen) atoms. The first kappa shape index (κ1) is 17.0. The van der Waals surface area contributed by atoms with Crippen molar-refractivity contribution >= 4 is 27.5 Å². The second kappa shape index (κ2) is 6.59. The molecule has 1 rings (SSSR count). The zero-order valence-corrected chi connectivity index (χ0v) is 14.2.